The van der Waals surface area contributed by atoms with Gasteiger partial charge in [-0.05, 0) is 25.0 Å². The van der Waals surface area contributed by atoms with Gasteiger partial charge in [-0.3, -0.25) is 14.6 Å². The number of rotatable bonds is 8. The number of hydrogen-bond acceptors (Lipinski definition) is 7. The number of nitrogens with one attached hydrogen (secondary N) is 2. The van der Waals surface area contributed by atoms with Crippen molar-refractivity contribution in [3.05, 3.63) is 66.3 Å². The van der Waals surface area contributed by atoms with E-state index in [4.69, 9.17) is 9.26 Å². The lowest BCUT2D eigenvalue weighted by atomic mass is 10.0. The van der Waals surface area contributed by atoms with E-state index < -0.39 is 0 Å². The van der Waals surface area contributed by atoms with Crippen LogP contribution in [-0.4, -0.2) is 53.2 Å². The number of carbonyl (C=O) groups excluding carboxylic acids is 2. The molecule has 2 heterocycles. The molecule has 2 amide bonds. The molecule has 0 bridgehead atoms. The van der Waals surface area contributed by atoms with E-state index >= 15 is 0 Å². The molecular formula is C23H25N5O4. The molecule has 2 N–H and O–H groups in total. The summed E-state index contributed by atoms with van der Waals surface area (Å²) >= 11 is 0. The Hall–Kier alpha value is -3.59. The molecule has 1 aliphatic carbocycles. The number of amides is 2. The van der Waals surface area contributed by atoms with Gasteiger partial charge in [0.25, 0.3) is 5.91 Å². The fourth-order valence-electron chi connectivity index (χ4n) is 3.95. The normalized spacial score (nSPS) is 20.1. The van der Waals surface area contributed by atoms with E-state index in [1.54, 1.807) is 31.6 Å². The fraction of sp³-hybridized carbons (Fsp3) is 0.348. The van der Waals surface area contributed by atoms with E-state index in [0.29, 0.717) is 43.3 Å². The first-order chi connectivity index (χ1) is 15.7. The van der Waals surface area contributed by atoms with E-state index in [-0.39, 0.29) is 29.7 Å². The molecule has 0 saturated heterocycles. The van der Waals surface area contributed by atoms with Gasteiger partial charge in [0.1, 0.15) is 0 Å². The summed E-state index contributed by atoms with van der Waals surface area (Å²) in [6.45, 7) is 0.872. The van der Waals surface area contributed by atoms with Gasteiger partial charge in [0.15, 0.2) is 0 Å². The van der Waals surface area contributed by atoms with Crippen molar-refractivity contribution in [1.82, 2.24) is 25.8 Å². The fourth-order valence-corrected chi connectivity index (χ4v) is 3.95. The third kappa shape index (κ3) is 5.00. The average Bonchev–Trinajstić information content (AvgIpc) is 3.48. The maximum atomic E-state index is 12.8. The van der Waals surface area contributed by atoms with Crippen molar-refractivity contribution in [2.24, 2.45) is 5.92 Å². The van der Waals surface area contributed by atoms with Gasteiger partial charge in [-0.1, -0.05) is 35.5 Å². The summed E-state index contributed by atoms with van der Waals surface area (Å²) in [5.74, 6) is 0.0284. The zero-order valence-corrected chi connectivity index (χ0v) is 17.7. The largest absolute Gasteiger partial charge is 0.383 e. The van der Waals surface area contributed by atoms with Crippen LogP contribution in [0.4, 0.5) is 0 Å². The van der Waals surface area contributed by atoms with Crippen LogP contribution in [0.25, 0.3) is 11.4 Å². The summed E-state index contributed by atoms with van der Waals surface area (Å²) in [5.41, 5.74) is 1.34. The average molecular weight is 435 g/mol. The Balaban J connectivity index is 1.53. The summed E-state index contributed by atoms with van der Waals surface area (Å²) in [6.07, 6.45) is 4.11. The number of methoxy groups -OCH3 is 1. The number of hydrogen-bond donors (Lipinski definition) is 2. The molecule has 0 aliphatic heterocycles. The zero-order chi connectivity index (χ0) is 22.3. The van der Waals surface area contributed by atoms with Gasteiger partial charge >= 0.3 is 0 Å². The van der Waals surface area contributed by atoms with Crippen molar-refractivity contribution in [3.8, 4) is 11.4 Å². The minimum Gasteiger partial charge on any atom is -0.383 e. The van der Waals surface area contributed by atoms with Crippen LogP contribution >= 0.6 is 0 Å². The Bertz CT molecular complexity index is 1040. The maximum Gasteiger partial charge on any atom is 0.251 e. The van der Waals surface area contributed by atoms with Crippen molar-refractivity contribution in [2.75, 3.05) is 20.3 Å². The first kappa shape index (κ1) is 21.6. The Labute approximate surface area is 185 Å². The lowest BCUT2D eigenvalue weighted by Gasteiger charge is -2.18. The predicted octanol–water partition coefficient (Wildman–Crippen LogP) is 2.19. The third-order valence-electron chi connectivity index (χ3n) is 5.59. The third-order valence-corrected chi connectivity index (χ3v) is 5.59. The molecule has 3 atom stereocenters. The van der Waals surface area contributed by atoms with E-state index in [1.165, 1.54) is 0 Å². The van der Waals surface area contributed by atoms with E-state index in [1.807, 2.05) is 30.3 Å². The number of pyridine rings is 1. The molecule has 0 radical (unpaired) electrons. The topological polar surface area (TPSA) is 119 Å². The highest BCUT2D eigenvalue weighted by molar-refractivity contribution is 5.94. The van der Waals surface area contributed by atoms with Crippen LogP contribution in [-0.2, 0) is 9.53 Å². The monoisotopic (exact) mass is 435 g/mol. The molecule has 0 unspecified atom stereocenters. The van der Waals surface area contributed by atoms with Crippen molar-refractivity contribution in [1.29, 1.82) is 0 Å². The summed E-state index contributed by atoms with van der Waals surface area (Å²) in [5, 5.41) is 10.0. The molecule has 0 spiro atoms. The minimum atomic E-state index is -0.321. The van der Waals surface area contributed by atoms with Gasteiger partial charge in [-0.25, -0.2) is 0 Å². The number of aromatic nitrogens is 3. The first-order valence-electron chi connectivity index (χ1n) is 10.5. The molecule has 1 aromatic carbocycles. The highest BCUT2D eigenvalue weighted by atomic mass is 16.5. The maximum absolute atomic E-state index is 12.8. The van der Waals surface area contributed by atoms with Gasteiger partial charge in [0.2, 0.25) is 17.6 Å². The van der Waals surface area contributed by atoms with E-state index in [0.717, 1.165) is 5.56 Å². The molecule has 3 aromatic rings. The molecule has 166 valence electrons. The van der Waals surface area contributed by atoms with Crippen molar-refractivity contribution >= 4 is 11.8 Å². The summed E-state index contributed by atoms with van der Waals surface area (Å²) < 4.78 is 10.6. The summed E-state index contributed by atoms with van der Waals surface area (Å²) in [4.78, 5) is 34.0. The Kier molecular flexibility index (Phi) is 6.86. The van der Waals surface area contributed by atoms with Crippen molar-refractivity contribution < 1.29 is 18.8 Å². The zero-order valence-electron chi connectivity index (χ0n) is 17.7. The second-order valence-electron chi connectivity index (χ2n) is 7.70. The number of nitrogens with zero attached hydrogens (tertiary/aromatic N) is 3. The Morgan fingerprint density at radius 3 is 2.66 bits per heavy atom. The van der Waals surface area contributed by atoms with Gasteiger partial charge in [0.05, 0.1) is 12.5 Å². The summed E-state index contributed by atoms with van der Waals surface area (Å²) in [6, 6.07) is 12.5. The lowest BCUT2D eigenvalue weighted by molar-refractivity contribution is -0.125. The molecule has 4 rings (SSSR count). The predicted molar refractivity (Wildman–Crippen MR) is 116 cm³/mol. The molecule has 1 saturated carbocycles. The molecule has 9 nitrogen and oxygen atoms in total. The molecule has 1 fully saturated rings. The Morgan fingerprint density at radius 1 is 1.12 bits per heavy atom. The van der Waals surface area contributed by atoms with Crippen molar-refractivity contribution in [3.63, 3.8) is 0 Å². The minimum absolute atomic E-state index is 0.0736. The lowest BCUT2D eigenvalue weighted by Crippen LogP contribution is -2.37. The van der Waals surface area contributed by atoms with Crippen LogP contribution in [0.3, 0.4) is 0 Å². The standard InChI is InChI=1S/C23H25N5O4/c1-31-12-11-25-21(29)17-13-18(19(14-17)26-22(30)16-7-9-24-10-8-16)23-27-20(28-32-23)15-5-3-2-4-6-15/h2-10,17-19H,11-14H2,1H3,(H,25,29)(H,26,30)/t17-,18-,19+/m1/s1. The molecule has 32 heavy (non-hydrogen) atoms. The number of ether oxygens (including phenoxy) is 1. The molecule has 9 heteroatoms. The van der Waals surface area contributed by atoms with Gasteiger partial charge in [0, 0.05) is 49.1 Å². The molecular weight excluding hydrogens is 410 g/mol. The van der Waals surface area contributed by atoms with Gasteiger partial charge < -0.3 is 19.9 Å². The highest BCUT2D eigenvalue weighted by Crippen LogP contribution is 2.39. The van der Waals surface area contributed by atoms with Crippen molar-refractivity contribution in [2.45, 2.75) is 24.8 Å². The van der Waals surface area contributed by atoms with Crippen LogP contribution in [0.1, 0.15) is 35.0 Å². The van der Waals surface area contributed by atoms with Gasteiger partial charge in [-0.2, -0.15) is 4.98 Å². The smallest absolute Gasteiger partial charge is 0.251 e. The van der Waals surface area contributed by atoms with Crippen LogP contribution in [0.2, 0.25) is 0 Å². The van der Waals surface area contributed by atoms with E-state index in [9.17, 15) is 9.59 Å². The van der Waals surface area contributed by atoms with Crippen LogP contribution in [0, 0.1) is 5.92 Å². The number of carbonyl (C=O) groups is 2. The first-order valence-corrected chi connectivity index (χ1v) is 10.5. The van der Waals surface area contributed by atoms with E-state index in [2.05, 4.69) is 25.8 Å². The second kappa shape index (κ2) is 10.1. The van der Waals surface area contributed by atoms with Crippen LogP contribution in [0.15, 0.2) is 59.4 Å². The second-order valence-corrected chi connectivity index (χ2v) is 7.70. The van der Waals surface area contributed by atoms with Crippen LogP contribution < -0.4 is 10.6 Å². The Morgan fingerprint density at radius 2 is 1.91 bits per heavy atom. The number of benzene rings is 1. The summed E-state index contributed by atoms with van der Waals surface area (Å²) in [7, 11) is 1.59. The quantitative estimate of drug-likeness (QED) is 0.521. The molecule has 2 aromatic heterocycles. The SMILES string of the molecule is COCCNC(=O)[C@H]1C[C@H](NC(=O)c2ccncc2)[C@H](c2nc(-c3ccccc3)no2)C1. The van der Waals surface area contributed by atoms with Crippen LogP contribution in [0.5, 0.6) is 0 Å². The molecule has 1 aliphatic rings. The van der Waals surface area contributed by atoms with Gasteiger partial charge in [-0.15, -0.1) is 0 Å². The highest BCUT2D eigenvalue weighted by Gasteiger charge is 2.42.